The Labute approximate surface area is 342 Å². The number of anilines is 1. The molecule has 0 aromatic heterocycles. The largest absolute Gasteiger partial charge is 0.507 e. The molecule has 2 aliphatic heterocycles. The number of hydrogen-bond acceptors (Lipinski definition) is 6. The van der Waals surface area contributed by atoms with Crippen LogP contribution in [0.5, 0.6) is 5.75 Å². The summed E-state index contributed by atoms with van der Waals surface area (Å²) >= 11 is 12.5. The van der Waals surface area contributed by atoms with E-state index >= 15 is 0 Å². The molecule has 57 heavy (non-hydrogen) atoms. The van der Waals surface area contributed by atoms with Crippen molar-refractivity contribution >= 4 is 52.5 Å². The zero-order valence-corrected chi connectivity index (χ0v) is 33.8. The van der Waals surface area contributed by atoms with E-state index in [1.165, 1.54) is 17.0 Å². The monoisotopic (exact) mass is 815 g/mol. The maximum Gasteiger partial charge on any atom is 0.245 e. The van der Waals surface area contributed by atoms with Gasteiger partial charge in [0.1, 0.15) is 23.7 Å². The fourth-order valence-corrected chi connectivity index (χ4v) is 8.25. The van der Waals surface area contributed by atoms with E-state index in [1.807, 2.05) is 24.3 Å². The Morgan fingerprint density at radius 3 is 2.16 bits per heavy atom. The fraction of sp³-hybridized carbons (Fsp3) is 0.364. The average molecular weight is 817 g/mol. The minimum absolute atomic E-state index is 0.0826. The van der Waals surface area contributed by atoms with E-state index in [9.17, 15) is 28.7 Å². The molecule has 4 aromatic rings. The number of benzene rings is 4. The van der Waals surface area contributed by atoms with Crippen molar-refractivity contribution in [3.05, 3.63) is 128 Å². The zero-order valence-electron chi connectivity index (χ0n) is 32.3. The molecule has 0 spiro atoms. The molecule has 4 aromatic carbocycles. The van der Waals surface area contributed by atoms with Gasteiger partial charge in [-0.15, -0.1) is 0 Å². The molecule has 0 bridgehead atoms. The van der Waals surface area contributed by atoms with E-state index in [1.54, 1.807) is 73.0 Å². The number of fused-ring (bicyclic) bond motifs is 1. The highest BCUT2D eigenvalue weighted by Gasteiger charge is 2.39. The van der Waals surface area contributed by atoms with E-state index in [4.69, 9.17) is 28.9 Å². The lowest BCUT2D eigenvalue weighted by molar-refractivity contribution is -0.144. The Kier molecular flexibility index (Phi) is 13.2. The van der Waals surface area contributed by atoms with Gasteiger partial charge in [-0.25, -0.2) is 4.39 Å². The Morgan fingerprint density at radius 1 is 0.877 bits per heavy atom. The molecule has 1 fully saturated rings. The summed E-state index contributed by atoms with van der Waals surface area (Å²) in [7, 11) is 0. The number of aryl methyl sites for hydroxylation is 2. The topological polar surface area (TPSA) is 136 Å². The number of carbonyl (C=O) groups is 4. The first-order valence-electron chi connectivity index (χ1n) is 19.3. The Hall–Kier alpha value is -4.97. The summed E-state index contributed by atoms with van der Waals surface area (Å²) in [4.78, 5) is 61.2. The molecule has 6 rings (SSSR count). The molecule has 10 nitrogen and oxygen atoms in total. The normalized spacial score (nSPS) is 16.7. The van der Waals surface area contributed by atoms with Crippen LogP contribution in [0.1, 0.15) is 59.6 Å². The number of halogens is 3. The fourth-order valence-electron chi connectivity index (χ4n) is 7.96. The molecule has 0 unspecified atom stereocenters. The molecule has 0 saturated carbocycles. The highest BCUT2D eigenvalue weighted by Crippen LogP contribution is 2.32. The van der Waals surface area contributed by atoms with Gasteiger partial charge in [0, 0.05) is 50.6 Å². The first-order valence-corrected chi connectivity index (χ1v) is 20.0. The summed E-state index contributed by atoms with van der Waals surface area (Å²) in [6.45, 7) is 6.16. The van der Waals surface area contributed by atoms with Crippen molar-refractivity contribution in [2.24, 2.45) is 5.73 Å². The lowest BCUT2D eigenvalue weighted by atomic mass is 9.91. The zero-order chi connectivity index (χ0) is 41.0. The van der Waals surface area contributed by atoms with Gasteiger partial charge in [-0.05, 0) is 96.8 Å². The number of phenolic OH excluding ortho intramolecular Hbond substituents is 1. The van der Waals surface area contributed by atoms with Crippen molar-refractivity contribution in [1.29, 1.82) is 0 Å². The standard InChI is InChI=1S/C44H48Cl2FN5O5/c1-4-40(53)52(34-13-14-35(45)36(46)24-34)33-15-17-50(18-16-33)44(57)38(22-28-9-11-32(47)12-10-28)49-42(55)39-23-30-7-5-6-8-31(30)25-51(39)43(56)37(48)21-29-19-26(2)41(54)27(3)20-29/h5-14,19-20,24,33,37-39,54H,4,15-18,21-23,25,48H2,1-3H3,(H,49,55)/t37-,38-,39+/m0/s1. The molecule has 4 N–H and O–H groups in total. The molecule has 2 heterocycles. The number of nitrogens with zero attached hydrogens (tertiary/aromatic N) is 3. The van der Waals surface area contributed by atoms with Crippen molar-refractivity contribution in [2.75, 3.05) is 18.0 Å². The van der Waals surface area contributed by atoms with Crippen molar-refractivity contribution < 1.29 is 28.7 Å². The van der Waals surface area contributed by atoms with E-state index in [2.05, 4.69) is 5.32 Å². The van der Waals surface area contributed by atoms with Crippen LogP contribution in [0.15, 0.2) is 78.9 Å². The van der Waals surface area contributed by atoms with Gasteiger partial charge >= 0.3 is 0 Å². The smallest absolute Gasteiger partial charge is 0.245 e. The first kappa shape index (κ1) is 41.7. The number of nitrogens with one attached hydrogen (secondary N) is 1. The second-order valence-corrected chi connectivity index (χ2v) is 15.8. The van der Waals surface area contributed by atoms with Crippen LogP contribution < -0.4 is 16.0 Å². The minimum atomic E-state index is -1.03. The van der Waals surface area contributed by atoms with Gasteiger partial charge in [-0.1, -0.05) is 78.7 Å². The lowest BCUT2D eigenvalue weighted by Crippen LogP contribution is -2.60. The quantitative estimate of drug-likeness (QED) is 0.160. The molecule has 0 aliphatic carbocycles. The van der Waals surface area contributed by atoms with E-state index in [0.717, 1.165) is 16.7 Å². The molecule has 300 valence electrons. The molecule has 13 heteroatoms. The van der Waals surface area contributed by atoms with Crippen molar-refractivity contribution in [3.8, 4) is 5.75 Å². The Bertz CT molecular complexity index is 2120. The van der Waals surface area contributed by atoms with Crippen LogP contribution in [-0.2, 0) is 45.0 Å². The summed E-state index contributed by atoms with van der Waals surface area (Å²) in [5.74, 6) is -1.56. The summed E-state index contributed by atoms with van der Waals surface area (Å²) in [6, 6.07) is 18.9. The number of aromatic hydroxyl groups is 1. The molecule has 4 amide bonds. The van der Waals surface area contributed by atoms with Crippen LogP contribution in [-0.4, -0.2) is 75.8 Å². The highest BCUT2D eigenvalue weighted by molar-refractivity contribution is 6.42. The van der Waals surface area contributed by atoms with Crippen LogP contribution in [0.3, 0.4) is 0 Å². The van der Waals surface area contributed by atoms with Crippen LogP contribution in [0.25, 0.3) is 0 Å². The number of phenols is 1. The lowest BCUT2D eigenvalue weighted by Gasteiger charge is -2.40. The predicted molar refractivity (Wildman–Crippen MR) is 220 cm³/mol. The van der Waals surface area contributed by atoms with Gasteiger partial charge in [0.2, 0.25) is 23.6 Å². The molecule has 0 radical (unpaired) electrons. The minimum Gasteiger partial charge on any atom is -0.507 e. The van der Waals surface area contributed by atoms with E-state index in [-0.39, 0.29) is 55.8 Å². The number of likely N-dealkylation sites (tertiary alicyclic amines) is 1. The second-order valence-electron chi connectivity index (χ2n) is 15.0. The number of amides is 4. The Morgan fingerprint density at radius 2 is 1.53 bits per heavy atom. The maximum absolute atomic E-state index is 14.5. The number of carbonyl (C=O) groups excluding carboxylic acids is 4. The third-order valence-electron chi connectivity index (χ3n) is 11.0. The number of piperidine rings is 1. The van der Waals surface area contributed by atoms with E-state index < -0.39 is 35.8 Å². The van der Waals surface area contributed by atoms with Crippen molar-refractivity contribution in [3.63, 3.8) is 0 Å². The maximum atomic E-state index is 14.5. The summed E-state index contributed by atoms with van der Waals surface area (Å²) in [6.07, 6.45) is 1.74. The van der Waals surface area contributed by atoms with Gasteiger partial charge in [0.15, 0.2) is 0 Å². The molecule has 1 saturated heterocycles. The number of hydrogen-bond donors (Lipinski definition) is 3. The summed E-state index contributed by atoms with van der Waals surface area (Å²) in [5.41, 5.74) is 11.8. The molecule has 2 aliphatic rings. The van der Waals surface area contributed by atoms with Crippen LogP contribution in [0, 0.1) is 19.7 Å². The van der Waals surface area contributed by atoms with Crippen LogP contribution >= 0.6 is 23.2 Å². The number of rotatable bonds is 11. The van der Waals surface area contributed by atoms with Gasteiger partial charge < -0.3 is 30.9 Å². The highest BCUT2D eigenvalue weighted by atomic mass is 35.5. The Balaban J connectivity index is 1.22. The first-order chi connectivity index (χ1) is 27.2. The summed E-state index contributed by atoms with van der Waals surface area (Å²) in [5, 5.41) is 14.0. The van der Waals surface area contributed by atoms with Gasteiger partial charge in [-0.2, -0.15) is 0 Å². The van der Waals surface area contributed by atoms with Crippen molar-refractivity contribution in [1.82, 2.24) is 15.1 Å². The van der Waals surface area contributed by atoms with Crippen LogP contribution in [0.4, 0.5) is 10.1 Å². The summed E-state index contributed by atoms with van der Waals surface area (Å²) < 4.78 is 13.9. The SMILES string of the molecule is CCC(=O)N(c1ccc(Cl)c(Cl)c1)C1CCN(C(=O)[C@H](Cc2ccc(F)cc2)NC(=O)[C@H]2Cc3ccccc3CN2C(=O)[C@@H](N)Cc2cc(C)c(O)c(C)c2)CC1. The average Bonchev–Trinajstić information content (AvgIpc) is 3.20. The van der Waals surface area contributed by atoms with Gasteiger partial charge in [0.25, 0.3) is 0 Å². The predicted octanol–water partition coefficient (Wildman–Crippen LogP) is 6.44. The second kappa shape index (κ2) is 18.1. The van der Waals surface area contributed by atoms with Crippen LogP contribution in [0.2, 0.25) is 10.0 Å². The third kappa shape index (κ3) is 9.60. The van der Waals surface area contributed by atoms with Crippen molar-refractivity contribution in [2.45, 2.75) is 90.0 Å². The third-order valence-corrected chi connectivity index (χ3v) is 11.8. The van der Waals surface area contributed by atoms with E-state index in [0.29, 0.717) is 58.4 Å². The van der Waals surface area contributed by atoms with Gasteiger partial charge in [-0.3, -0.25) is 19.2 Å². The molecular weight excluding hydrogens is 768 g/mol. The molecule has 3 atom stereocenters. The molecular formula is C44H48Cl2FN5O5. The number of nitrogens with two attached hydrogens (primary N) is 1. The van der Waals surface area contributed by atoms with Gasteiger partial charge in [0.05, 0.1) is 16.1 Å².